The van der Waals surface area contributed by atoms with Crippen LogP contribution in [0, 0.1) is 0 Å². The first-order valence-electron chi connectivity index (χ1n) is 5.92. The van der Waals surface area contributed by atoms with Crippen LogP contribution in [-0.2, 0) is 0 Å². The van der Waals surface area contributed by atoms with Crippen LogP contribution in [0.2, 0.25) is 0 Å². The number of aromatic nitrogens is 3. The second-order valence-corrected chi connectivity index (χ2v) is 3.63. The van der Waals surface area contributed by atoms with Gasteiger partial charge in [-0.15, -0.1) is 15.0 Å². The summed E-state index contributed by atoms with van der Waals surface area (Å²) >= 11 is 0. The normalized spacial score (nSPS) is 12.4. The molecule has 0 bridgehead atoms. The fourth-order valence-corrected chi connectivity index (χ4v) is 1.38. The van der Waals surface area contributed by atoms with Gasteiger partial charge in [-0.25, -0.2) is 0 Å². The van der Waals surface area contributed by atoms with E-state index in [-0.39, 0.29) is 5.76 Å². The fourth-order valence-electron chi connectivity index (χ4n) is 1.38. The van der Waals surface area contributed by atoms with Gasteiger partial charge in [0.2, 0.25) is 0 Å². The number of aliphatic hydroxyl groups excluding tert-OH is 1. The van der Waals surface area contributed by atoms with E-state index in [2.05, 4.69) is 36.5 Å². The lowest BCUT2D eigenvalue weighted by Crippen LogP contribution is -2.02. The molecule has 4 heteroatoms. The number of hydrogen-bond donors (Lipinski definition) is 1. The quantitative estimate of drug-likeness (QED) is 0.604. The van der Waals surface area contributed by atoms with Crippen LogP contribution in [0.15, 0.2) is 68.5 Å². The summed E-state index contributed by atoms with van der Waals surface area (Å²) in [6.45, 7) is 14.4. The van der Waals surface area contributed by atoms with Gasteiger partial charge in [-0.1, -0.05) is 50.6 Å². The van der Waals surface area contributed by atoms with Crippen molar-refractivity contribution >= 4 is 17.8 Å². The molecule has 0 spiro atoms. The van der Waals surface area contributed by atoms with Crippen molar-refractivity contribution in [2.24, 2.45) is 0 Å². The van der Waals surface area contributed by atoms with Gasteiger partial charge in [-0.05, 0) is 24.3 Å². The highest BCUT2D eigenvalue weighted by atomic mass is 16.3. The van der Waals surface area contributed by atoms with Crippen molar-refractivity contribution in [3.05, 3.63) is 79.9 Å². The third-order valence-corrected chi connectivity index (χ3v) is 2.31. The summed E-state index contributed by atoms with van der Waals surface area (Å²) in [7, 11) is 0. The van der Waals surface area contributed by atoms with E-state index in [1.807, 2.05) is 0 Å². The zero-order valence-corrected chi connectivity index (χ0v) is 11.2. The lowest BCUT2D eigenvalue weighted by atomic mass is 10.3. The summed E-state index contributed by atoms with van der Waals surface area (Å²) in [5, 5.41) is 18.4. The predicted octanol–water partition coefficient (Wildman–Crippen LogP) is 3.78. The Morgan fingerprint density at radius 1 is 1.00 bits per heavy atom. The molecule has 102 valence electrons. The highest BCUT2D eigenvalue weighted by Crippen LogP contribution is 2.14. The van der Waals surface area contributed by atoms with Crippen LogP contribution < -0.4 is 0 Å². The van der Waals surface area contributed by atoms with Crippen LogP contribution in [0.5, 0.6) is 0 Å². The molecule has 1 rings (SSSR count). The lowest BCUT2D eigenvalue weighted by molar-refractivity contribution is 0.430. The Bertz CT molecular complexity index is 616. The number of hydrogen-bond acceptors (Lipinski definition) is 3. The molecule has 0 atom stereocenters. The van der Waals surface area contributed by atoms with Crippen LogP contribution in [0.1, 0.15) is 11.4 Å². The molecule has 20 heavy (non-hydrogen) atoms. The van der Waals surface area contributed by atoms with Gasteiger partial charge in [0, 0.05) is 0 Å². The number of allylic oxidation sites excluding steroid dienone is 7. The van der Waals surface area contributed by atoms with E-state index in [1.54, 1.807) is 42.5 Å². The van der Waals surface area contributed by atoms with Crippen molar-refractivity contribution in [3.8, 4) is 0 Å². The SMILES string of the molecule is C=C/C=C\C(=C(\O)C=C)n1nc(C=C)c(/C=C\C=C)n1. The molecule has 0 aliphatic heterocycles. The van der Waals surface area contributed by atoms with Crippen LogP contribution in [0.3, 0.4) is 0 Å². The Morgan fingerprint density at radius 3 is 2.20 bits per heavy atom. The highest BCUT2D eigenvalue weighted by molar-refractivity contribution is 5.64. The van der Waals surface area contributed by atoms with E-state index in [0.717, 1.165) is 0 Å². The molecular weight excluding hydrogens is 250 g/mol. The maximum absolute atomic E-state index is 9.86. The van der Waals surface area contributed by atoms with Gasteiger partial charge in [0.1, 0.15) is 22.8 Å². The average molecular weight is 267 g/mol. The maximum atomic E-state index is 9.86. The van der Waals surface area contributed by atoms with Crippen LogP contribution >= 0.6 is 0 Å². The molecule has 0 fully saturated rings. The van der Waals surface area contributed by atoms with E-state index in [0.29, 0.717) is 17.1 Å². The standard InChI is InChI=1S/C16H17N3O/c1-5-9-11-14-13(7-3)17-19(18-14)15(12-10-6-2)16(20)8-4/h5-12,20H,1-4H2/b11-9-,12-10-,16-15-. The van der Waals surface area contributed by atoms with Gasteiger partial charge >= 0.3 is 0 Å². The Kier molecular flexibility index (Phi) is 5.72. The van der Waals surface area contributed by atoms with E-state index in [9.17, 15) is 5.11 Å². The zero-order chi connectivity index (χ0) is 15.0. The van der Waals surface area contributed by atoms with E-state index < -0.39 is 0 Å². The molecule has 0 aromatic carbocycles. The van der Waals surface area contributed by atoms with Crippen molar-refractivity contribution in [2.45, 2.75) is 0 Å². The monoisotopic (exact) mass is 267 g/mol. The molecule has 1 heterocycles. The minimum Gasteiger partial charge on any atom is -0.506 e. The number of aliphatic hydroxyl groups is 1. The summed E-state index contributed by atoms with van der Waals surface area (Å²) in [5.74, 6) is -0.0343. The molecule has 0 saturated carbocycles. The second-order valence-electron chi connectivity index (χ2n) is 3.63. The molecule has 1 N–H and O–H groups in total. The Balaban J connectivity index is 3.39. The summed E-state index contributed by atoms with van der Waals surface area (Å²) in [6.07, 6.45) is 13.0. The van der Waals surface area contributed by atoms with Gasteiger partial charge in [0.15, 0.2) is 0 Å². The van der Waals surface area contributed by atoms with Crippen LogP contribution in [0.25, 0.3) is 17.8 Å². The van der Waals surface area contributed by atoms with Crippen molar-refractivity contribution < 1.29 is 5.11 Å². The molecule has 0 aliphatic rings. The zero-order valence-electron chi connectivity index (χ0n) is 11.2. The largest absolute Gasteiger partial charge is 0.506 e. The highest BCUT2D eigenvalue weighted by Gasteiger charge is 2.10. The first-order chi connectivity index (χ1) is 9.67. The van der Waals surface area contributed by atoms with Gasteiger partial charge < -0.3 is 5.11 Å². The Morgan fingerprint density at radius 2 is 1.65 bits per heavy atom. The minimum atomic E-state index is -0.0343. The average Bonchev–Trinajstić information content (AvgIpc) is 2.88. The smallest absolute Gasteiger partial charge is 0.142 e. The summed E-state index contributed by atoms with van der Waals surface area (Å²) < 4.78 is 0. The summed E-state index contributed by atoms with van der Waals surface area (Å²) in [4.78, 5) is 1.32. The maximum Gasteiger partial charge on any atom is 0.142 e. The fraction of sp³-hybridized carbons (Fsp3) is 0. The van der Waals surface area contributed by atoms with Gasteiger partial charge in [0.25, 0.3) is 0 Å². The van der Waals surface area contributed by atoms with Gasteiger partial charge in [0.05, 0.1) is 0 Å². The van der Waals surface area contributed by atoms with E-state index >= 15 is 0 Å². The summed E-state index contributed by atoms with van der Waals surface area (Å²) in [6, 6.07) is 0. The van der Waals surface area contributed by atoms with Gasteiger partial charge in [-0.2, -0.15) is 0 Å². The second kappa shape index (κ2) is 7.53. The molecule has 1 aromatic heterocycles. The number of nitrogens with zero attached hydrogens (tertiary/aromatic N) is 3. The molecule has 0 saturated heterocycles. The first-order valence-corrected chi connectivity index (χ1v) is 5.92. The molecule has 4 nitrogen and oxygen atoms in total. The lowest BCUT2D eigenvalue weighted by Gasteiger charge is -2.01. The van der Waals surface area contributed by atoms with Crippen molar-refractivity contribution in [1.29, 1.82) is 0 Å². The summed E-state index contributed by atoms with van der Waals surface area (Å²) in [5.41, 5.74) is 1.62. The Labute approximate surface area is 118 Å². The predicted molar refractivity (Wildman–Crippen MR) is 84.7 cm³/mol. The third kappa shape index (κ3) is 3.55. The van der Waals surface area contributed by atoms with E-state index in [4.69, 9.17) is 0 Å². The molecule has 0 radical (unpaired) electrons. The molecule has 1 aromatic rings. The molecular formula is C16H17N3O. The molecule has 0 aliphatic carbocycles. The molecule has 0 amide bonds. The topological polar surface area (TPSA) is 50.9 Å². The Hall–Kier alpha value is -2.88. The van der Waals surface area contributed by atoms with Crippen molar-refractivity contribution in [2.75, 3.05) is 0 Å². The number of rotatable bonds is 7. The first kappa shape index (κ1) is 15.2. The minimum absolute atomic E-state index is 0.0343. The molecule has 0 unspecified atom stereocenters. The van der Waals surface area contributed by atoms with Crippen molar-refractivity contribution in [1.82, 2.24) is 15.0 Å². The van der Waals surface area contributed by atoms with E-state index in [1.165, 1.54) is 10.9 Å². The third-order valence-electron chi connectivity index (χ3n) is 2.31. The van der Waals surface area contributed by atoms with Crippen LogP contribution in [0.4, 0.5) is 0 Å². The van der Waals surface area contributed by atoms with Gasteiger partial charge in [-0.3, -0.25) is 0 Å². The van der Waals surface area contributed by atoms with Crippen LogP contribution in [-0.4, -0.2) is 20.1 Å². The van der Waals surface area contributed by atoms with Crippen molar-refractivity contribution in [3.63, 3.8) is 0 Å².